The molecule has 0 aliphatic heterocycles. The first kappa shape index (κ1) is 16.5. The maximum absolute atomic E-state index is 12.8. The second-order valence-electron chi connectivity index (χ2n) is 4.65. The van der Waals surface area contributed by atoms with Crippen LogP contribution in [0.25, 0.3) is 0 Å². The van der Waals surface area contributed by atoms with Gasteiger partial charge in [-0.25, -0.2) is 4.79 Å². The van der Waals surface area contributed by atoms with Gasteiger partial charge in [0, 0.05) is 25.2 Å². The van der Waals surface area contributed by atoms with E-state index in [1.165, 1.54) is 18.3 Å². The predicted molar refractivity (Wildman–Crippen MR) is 76.0 cm³/mol. The third-order valence-corrected chi connectivity index (χ3v) is 2.98. The number of halogens is 3. The largest absolute Gasteiger partial charge is 0.418 e. The minimum absolute atomic E-state index is 0.0738. The van der Waals surface area contributed by atoms with E-state index in [0.717, 1.165) is 22.8 Å². The highest BCUT2D eigenvalue weighted by molar-refractivity contribution is 5.91. The van der Waals surface area contributed by atoms with E-state index >= 15 is 0 Å². The summed E-state index contributed by atoms with van der Waals surface area (Å²) in [7, 11) is 0. The molecule has 2 N–H and O–H groups in total. The van der Waals surface area contributed by atoms with Gasteiger partial charge >= 0.3 is 11.9 Å². The Balaban J connectivity index is 2.06. The number of amides is 1. The lowest BCUT2D eigenvalue weighted by atomic mass is 10.1. The van der Waals surface area contributed by atoms with Gasteiger partial charge in [-0.05, 0) is 12.1 Å². The van der Waals surface area contributed by atoms with E-state index in [4.69, 9.17) is 0 Å². The number of rotatable bonds is 4. The number of hydrogen-bond acceptors (Lipinski definition) is 3. The Kier molecular flexibility index (Phi) is 4.68. The first-order valence-corrected chi connectivity index (χ1v) is 6.53. The molecule has 1 aromatic heterocycles. The van der Waals surface area contributed by atoms with Crippen molar-refractivity contribution in [1.82, 2.24) is 9.55 Å². The Bertz CT molecular complexity index is 824. The molecule has 2 aromatic rings. The number of anilines is 1. The Morgan fingerprint density at radius 3 is 2.52 bits per heavy atom. The maximum atomic E-state index is 12.8. The molecule has 0 fully saturated rings. The smallest absolute Gasteiger partial charge is 0.325 e. The number of nitrogens with one attached hydrogen (secondary N) is 2. The lowest BCUT2D eigenvalue weighted by Crippen LogP contribution is -2.30. The van der Waals surface area contributed by atoms with Gasteiger partial charge < -0.3 is 9.88 Å². The number of carbonyl (C=O) groups excluding carboxylic acids is 1. The highest BCUT2D eigenvalue weighted by atomic mass is 19.4. The molecule has 0 unspecified atom stereocenters. The van der Waals surface area contributed by atoms with Crippen LogP contribution >= 0.6 is 0 Å². The van der Waals surface area contributed by atoms with E-state index in [9.17, 15) is 27.6 Å². The van der Waals surface area contributed by atoms with Crippen LogP contribution in [0.2, 0.25) is 0 Å². The van der Waals surface area contributed by atoms with Gasteiger partial charge in [0.2, 0.25) is 5.91 Å². The first-order chi connectivity index (χ1) is 10.8. The molecule has 1 aromatic carbocycles. The maximum Gasteiger partial charge on any atom is 0.418 e. The molecule has 0 aliphatic rings. The van der Waals surface area contributed by atoms with Crippen LogP contribution in [-0.4, -0.2) is 15.5 Å². The molecule has 1 amide bonds. The van der Waals surface area contributed by atoms with Crippen molar-refractivity contribution in [2.45, 2.75) is 19.1 Å². The number of benzene rings is 1. The minimum atomic E-state index is -4.58. The van der Waals surface area contributed by atoms with Crippen LogP contribution in [0.5, 0.6) is 0 Å². The fourth-order valence-electron chi connectivity index (χ4n) is 1.89. The lowest BCUT2D eigenvalue weighted by Gasteiger charge is -2.13. The van der Waals surface area contributed by atoms with Gasteiger partial charge in [-0.2, -0.15) is 13.2 Å². The number of aromatic nitrogens is 2. The molecule has 0 saturated heterocycles. The summed E-state index contributed by atoms with van der Waals surface area (Å²) in [5.41, 5.74) is -2.57. The second kappa shape index (κ2) is 6.51. The summed E-state index contributed by atoms with van der Waals surface area (Å²) < 4.78 is 39.5. The van der Waals surface area contributed by atoms with Crippen LogP contribution in [0.1, 0.15) is 12.0 Å². The van der Waals surface area contributed by atoms with Gasteiger partial charge in [-0.1, -0.05) is 12.1 Å². The SMILES string of the molecule is O=C(CCn1ccc(=O)[nH]c1=O)Nc1ccccc1C(F)(F)F. The third kappa shape index (κ3) is 4.31. The summed E-state index contributed by atoms with van der Waals surface area (Å²) in [5, 5.41) is 2.17. The lowest BCUT2D eigenvalue weighted by molar-refractivity contribution is -0.137. The topological polar surface area (TPSA) is 84.0 Å². The molecule has 6 nitrogen and oxygen atoms in total. The van der Waals surface area contributed by atoms with Gasteiger partial charge in [0.05, 0.1) is 11.3 Å². The van der Waals surface area contributed by atoms with Crippen molar-refractivity contribution >= 4 is 11.6 Å². The van der Waals surface area contributed by atoms with E-state index in [2.05, 4.69) is 5.32 Å². The van der Waals surface area contributed by atoms with Crippen LogP contribution in [-0.2, 0) is 17.5 Å². The van der Waals surface area contributed by atoms with Gasteiger partial charge in [0.25, 0.3) is 5.56 Å². The molecular weight excluding hydrogens is 315 g/mol. The van der Waals surface area contributed by atoms with E-state index in [1.54, 1.807) is 0 Å². The average Bonchev–Trinajstić information content (AvgIpc) is 2.46. The summed E-state index contributed by atoms with van der Waals surface area (Å²) in [6.45, 7) is -0.0738. The number of carbonyl (C=O) groups is 1. The van der Waals surface area contributed by atoms with E-state index < -0.39 is 28.9 Å². The van der Waals surface area contributed by atoms with Crippen molar-refractivity contribution in [3.05, 3.63) is 62.9 Å². The number of H-pyrrole nitrogens is 1. The zero-order valence-electron chi connectivity index (χ0n) is 11.7. The molecule has 122 valence electrons. The molecule has 23 heavy (non-hydrogen) atoms. The van der Waals surface area contributed by atoms with Crippen LogP contribution in [0.15, 0.2) is 46.1 Å². The van der Waals surface area contributed by atoms with Crippen molar-refractivity contribution in [2.24, 2.45) is 0 Å². The number of hydrogen-bond donors (Lipinski definition) is 2. The van der Waals surface area contributed by atoms with E-state index in [1.807, 2.05) is 4.98 Å². The molecule has 0 spiro atoms. The average molecular weight is 327 g/mol. The molecule has 0 bridgehead atoms. The zero-order valence-corrected chi connectivity index (χ0v) is 11.7. The van der Waals surface area contributed by atoms with E-state index in [-0.39, 0.29) is 18.7 Å². The van der Waals surface area contributed by atoms with Crippen molar-refractivity contribution in [1.29, 1.82) is 0 Å². The van der Waals surface area contributed by atoms with Crippen LogP contribution in [0, 0.1) is 0 Å². The van der Waals surface area contributed by atoms with Crippen molar-refractivity contribution < 1.29 is 18.0 Å². The Morgan fingerprint density at radius 1 is 1.17 bits per heavy atom. The highest BCUT2D eigenvalue weighted by Crippen LogP contribution is 2.34. The van der Waals surface area contributed by atoms with Gasteiger partial charge in [-0.3, -0.25) is 14.6 Å². The first-order valence-electron chi connectivity index (χ1n) is 6.53. The third-order valence-electron chi connectivity index (χ3n) is 2.98. The number of aromatic amines is 1. The fourth-order valence-corrected chi connectivity index (χ4v) is 1.89. The van der Waals surface area contributed by atoms with Crippen molar-refractivity contribution in [3.8, 4) is 0 Å². The molecule has 0 atom stereocenters. The van der Waals surface area contributed by atoms with Crippen molar-refractivity contribution in [2.75, 3.05) is 5.32 Å². The molecule has 1 heterocycles. The van der Waals surface area contributed by atoms with Gasteiger partial charge in [0.1, 0.15) is 0 Å². The molecular formula is C14H12F3N3O3. The molecule has 0 saturated carbocycles. The summed E-state index contributed by atoms with van der Waals surface area (Å²) in [6, 6.07) is 5.71. The number of para-hydroxylation sites is 1. The fraction of sp³-hybridized carbons (Fsp3) is 0.214. The molecule has 0 radical (unpaired) electrons. The number of aryl methyl sites for hydroxylation is 1. The van der Waals surface area contributed by atoms with Crippen LogP contribution < -0.4 is 16.6 Å². The van der Waals surface area contributed by atoms with Crippen molar-refractivity contribution in [3.63, 3.8) is 0 Å². The molecule has 2 rings (SSSR count). The number of nitrogens with zero attached hydrogens (tertiary/aromatic N) is 1. The highest BCUT2D eigenvalue weighted by Gasteiger charge is 2.33. The van der Waals surface area contributed by atoms with E-state index in [0.29, 0.717) is 0 Å². The molecule has 0 aliphatic carbocycles. The minimum Gasteiger partial charge on any atom is -0.325 e. The summed E-state index contributed by atoms with van der Waals surface area (Å²) in [4.78, 5) is 36.1. The summed E-state index contributed by atoms with van der Waals surface area (Å²) >= 11 is 0. The normalized spacial score (nSPS) is 11.3. The molecule has 9 heteroatoms. The standard InChI is InChI=1S/C14H12F3N3O3/c15-14(16,17)9-3-1-2-4-10(9)18-11(21)5-7-20-8-6-12(22)19-13(20)23/h1-4,6,8H,5,7H2,(H,18,21)(H,19,22,23). The number of alkyl halides is 3. The second-order valence-corrected chi connectivity index (χ2v) is 4.65. The summed E-state index contributed by atoms with van der Waals surface area (Å²) in [5.74, 6) is -0.681. The van der Waals surface area contributed by atoms with Crippen LogP contribution in [0.3, 0.4) is 0 Å². The Morgan fingerprint density at radius 2 is 1.87 bits per heavy atom. The zero-order chi connectivity index (χ0) is 17.0. The summed E-state index contributed by atoms with van der Waals surface area (Å²) in [6.07, 6.45) is -3.60. The van der Waals surface area contributed by atoms with Gasteiger partial charge in [-0.15, -0.1) is 0 Å². The Labute approximate surface area is 127 Å². The quantitative estimate of drug-likeness (QED) is 0.894. The Hall–Kier alpha value is -2.84. The van der Waals surface area contributed by atoms with Gasteiger partial charge in [0.15, 0.2) is 0 Å². The van der Waals surface area contributed by atoms with Crippen LogP contribution in [0.4, 0.5) is 18.9 Å². The monoisotopic (exact) mass is 327 g/mol. The predicted octanol–water partition coefficient (Wildman–Crippen LogP) is 1.58.